The van der Waals surface area contributed by atoms with Crippen LogP contribution in [0.4, 0.5) is 13.2 Å². The topological polar surface area (TPSA) is 17.8 Å². The highest BCUT2D eigenvalue weighted by Crippen LogP contribution is 2.39. The zero-order valence-corrected chi connectivity index (χ0v) is 11.7. The van der Waals surface area contributed by atoms with Crippen molar-refractivity contribution in [1.82, 2.24) is 9.78 Å². The SMILES string of the molecule is CCc1c(C(F)(F)F)nn(C2CCCC2)c1C(C)C. The lowest BCUT2D eigenvalue weighted by molar-refractivity contribution is -0.142. The van der Waals surface area contributed by atoms with Crippen LogP contribution in [-0.2, 0) is 12.6 Å². The van der Waals surface area contributed by atoms with Crippen LogP contribution in [0.1, 0.15) is 75.4 Å². The van der Waals surface area contributed by atoms with Crippen molar-refractivity contribution in [1.29, 1.82) is 0 Å². The Balaban J connectivity index is 2.55. The second kappa shape index (κ2) is 5.17. The van der Waals surface area contributed by atoms with Gasteiger partial charge in [-0.3, -0.25) is 4.68 Å². The lowest BCUT2D eigenvalue weighted by Gasteiger charge is -2.17. The van der Waals surface area contributed by atoms with Crippen molar-refractivity contribution in [3.63, 3.8) is 0 Å². The van der Waals surface area contributed by atoms with Gasteiger partial charge in [0, 0.05) is 11.3 Å². The standard InChI is InChI=1S/C14H21F3N2/c1-4-11-12(9(2)3)19(10-7-5-6-8-10)18-13(11)14(15,16)17/h9-10H,4-8H2,1-3H3. The van der Waals surface area contributed by atoms with Gasteiger partial charge in [0.2, 0.25) is 0 Å². The zero-order chi connectivity index (χ0) is 14.2. The summed E-state index contributed by atoms with van der Waals surface area (Å²) in [5.41, 5.74) is 0.488. The molecule has 1 aromatic heterocycles. The van der Waals surface area contributed by atoms with E-state index >= 15 is 0 Å². The van der Waals surface area contributed by atoms with Crippen molar-refractivity contribution in [3.8, 4) is 0 Å². The summed E-state index contributed by atoms with van der Waals surface area (Å²) in [6, 6.07) is 0.152. The molecule has 0 atom stereocenters. The third-order valence-corrected chi connectivity index (χ3v) is 3.89. The Hall–Kier alpha value is -1.00. The molecule has 0 N–H and O–H groups in total. The van der Waals surface area contributed by atoms with Crippen LogP contribution in [0.15, 0.2) is 0 Å². The van der Waals surface area contributed by atoms with E-state index in [2.05, 4.69) is 5.10 Å². The van der Waals surface area contributed by atoms with Crippen LogP contribution in [0.3, 0.4) is 0 Å². The minimum Gasteiger partial charge on any atom is -0.265 e. The summed E-state index contributed by atoms with van der Waals surface area (Å²) < 4.78 is 41.0. The van der Waals surface area contributed by atoms with Crippen molar-refractivity contribution in [2.75, 3.05) is 0 Å². The van der Waals surface area contributed by atoms with E-state index in [9.17, 15) is 13.2 Å². The lowest BCUT2D eigenvalue weighted by atomic mass is 10.0. The molecule has 1 aliphatic rings. The molecule has 1 aromatic rings. The van der Waals surface area contributed by atoms with E-state index in [0.717, 1.165) is 31.4 Å². The third-order valence-electron chi connectivity index (χ3n) is 3.89. The number of alkyl halides is 3. The van der Waals surface area contributed by atoms with Gasteiger partial charge in [-0.15, -0.1) is 0 Å². The molecule has 2 nitrogen and oxygen atoms in total. The highest BCUT2D eigenvalue weighted by Gasteiger charge is 2.40. The van der Waals surface area contributed by atoms with Crippen molar-refractivity contribution in [2.45, 2.75) is 71.0 Å². The Morgan fingerprint density at radius 1 is 1.26 bits per heavy atom. The number of rotatable bonds is 3. The van der Waals surface area contributed by atoms with Crippen LogP contribution in [0.25, 0.3) is 0 Å². The molecule has 0 unspecified atom stereocenters. The summed E-state index contributed by atoms with van der Waals surface area (Å²) in [7, 11) is 0. The second-order valence-corrected chi connectivity index (χ2v) is 5.60. The highest BCUT2D eigenvalue weighted by molar-refractivity contribution is 5.31. The maximum atomic E-state index is 13.1. The molecular weight excluding hydrogens is 253 g/mol. The van der Waals surface area contributed by atoms with E-state index in [0.29, 0.717) is 12.0 Å². The van der Waals surface area contributed by atoms with Gasteiger partial charge in [-0.05, 0) is 25.2 Å². The maximum absolute atomic E-state index is 13.1. The first kappa shape index (κ1) is 14.4. The molecule has 5 heteroatoms. The lowest BCUT2D eigenvalue weighted by Crippen LogP contribution is -2.13. The van der Waals surface area contributed by atoms with Gasteiger partial charge in [0.05, 0.1) is 6.04 Å². The highest BCUT2D eigenvalue weighted by atomic mass is 19.4. The van der Waals surface area contributed by atoms with Crippen LogP contribution in [-0.4, -0.2) is 9.78 Å². The van der Waals surface area contributed by atoms with Gasteiger partial charge in [0.1, 0.15) is 0 Å². The van der Waals surface area contributed by atoms with Crippen LogP contribution in [0.2, 0.25) is 0 Å². The van der Waals surface area contributed by atoms with Crippen LogP contribution in [0.5, 0.6) is 0 Å². The molecule has 1 fully saturated rings. The summed E-state index contributed by atoms with van der Waals surface area (Å²) in [4.78, 5) is 0. The molecule has 19 heavy (non-hydrogen) atoms. The minimum absolute atomic E-state index is 0.0687. The molecular formula is C14H21F3N2. The second-order valence-electron chi connectivity index (χ2n) is 5.60. The summed E-state index contributed by atoms with van der Waals surface area (Å²) in [5.74, 6) is 0.0687. The number of aromatic nitrogens is 2. The largest absolute Gasteiger partial charge is 0.435 e. The van der Waals surface area contributed by atoms with Crippen molar-refractivity contribution >= 4 is 0 Å². The molecule has 0 aromatic carbocycles. The summed E-state index contributed by atoms with van der Waals surface area (Å²) in [6.07, 6.45) is 0.105. The van der Waals surface area contributed by atoms with E-state index in [-0.39, 0.29) is 12.0 Å². The van der Waals surface area contributed by atoms with E-state index in [1.165, 1.54) is 0 Å². The molecule has 0 radical (unpaired) electrons. The average Bonchev–Trinajstić information content (AvgIpc) is 2.94. The predicted molar refractivity (Wildman–Crippen MR) is 68.2 cm³/mol. The van der Waals surface area contributed by atoms with Gasteiger partial charge >= 0.3 is 6.18 Å². The Bertz CT molecular complexity index is 440. The molecule has 0 aliphatic heterocycles. The number of hydrogen-bond acceptors (Lipinski definition) is 1. The Morgan fingerprint density at radius 3 is 2.26 bits per heavy atom. The molecule has 2 rings (SSSR count). The molecule has 0 saturated heterocycles. The van der Waals surface area contributed by atoms with E-state index in [1.54, 1.807) is 11.6 Å². The Morgan fingerprint density at radius 2 is 1.84 bits per heavy atom. The van der Waals surface area contributed by atoms with Gasteiger partial charge in [0.15, 0.2) is 5.69 Å². The van der Waals surface area contributed by atoms with E-state index in [4.69, 9.17) is 0 Å². The first-order chi connectivity index (χ1) is 8.86. The third kappa shape index (κ3) is 2.65. The predicted octanol–water partition coefficient (Wildman–Crippen LogP) is 4.70. The summed E-state index contributed by atoms with van der Waals surface area (Å²) >= 11 is 0. The van der Waals surface area contributed by atoms with E-state index in [1.807, 2.05) is 13.8 Å². The van der Waals surface area contributed by atoms with Crippen molar-refractivity contribution < 1.29 is 13.2 Å². The molecule has 0 spiro atoms. The van der Waals surface area contributed by atoms with Crippen LogP contribution >= 0.6 is 0 Å². The fourth-order valence-electron chi connectivity index (χ4n) is 3.10. The van der Waals surface area contributed by atoms with E-state index < -0.39 is 11.9 Å². The van der Waals surface area contributed by atoms with Gasteiger partial charge in [-0.1, -0.05) is 33.6 Å². The first-order valence-electron chi connectivity index (χ1n) is 7.04. The number of nitrogens with zero attached hydrogens (tertiary/aromatic N) is 2. The molecule has 108 valence electrons. The monoisotopic (exact) mass is 274 g/mol. The Kier molecular flexibility index (Phi) is 3.92. The van der Waals surface area contributed by atoms with Crippen molar-refractivity contribution in [3.05, 3.63) is 17.0 Å². The number of halogens is 3. The molecule has 1 aliphatic carbocycles. The molecule has 1 heterocycles. The maximum Gasteiger partial charge on any atom is 0.435 e. The van der Waals surface area contributed by atoms with Gasteiger partial charge in [-0.25, -0.2) is 0 Å². The smallest absolute Gasteiger partial charge is 0.265 e. The number of hydrogen-bond donors (Lipinski definition) is 0. The Labute approximate surface area is 112 Å². The normalized spacial score (nSPS) is 17.6. The van der Waals surface area contributed by atoms with Gasteiger partial charge in [0.25, 0.3) is 0 Å². The fourth-order valence-corrected chi connectivity index (χ4v) is 3.10. The summed E-state index contributed by atoms with van der Waals surface area (Å²) in [5, 5.41) is 3.95. The fraction of sp³-hybridized carbons (Fsp3) is 0.786. The minimum atomic E-state index is -4.35. The van der Waals surface area contributed by atoms with Crippen LogP contribution < -0.4 is 0 Å². The van der Waals surface area contributed by atoms with Crippen molar-refractivity contribution in [2.24, 2.45) is 0 Å². The molecule has 0 bridgehead atoms. The first-order valence-corrected chi connectivity index (χ1v) is 7.04. The van der Waals surface area contributed by atoms with Crippen LogP contribution in [0, 0.1) is 0 Å². The van der Waals surface area contributed by atoms with Gasteiger partial charge in [-0.2, -0.15) is 18.3 Å². The molecule has 0 amide bonds. The molecule has 1 saturated carbocycles. The average molecular weight is 274 g/mol. The quantitative estimate of drug-likeness (QED) is 0.781. The summed E-state index contributed by atoms with van der Waals surface area (Å²) in [6.45, 7) is 5.67. The zero-order valence-electron chi connectivity index (χ0n) is 11.7. The van der Waals surface area contributed by atoms with Gasteiger partial charge < -0.3 is 0 Å².